The third kappa shape index (κ3) is 4.20. The Bertz CT molecular complexity index is 2190. The van der Waals surface area contributed by atoms with Crippen LogP contribution in [0, 0.1) is 0 Å². The first-order valence-corrected chi connectivity index (χ1v) is 14.1. The molecule has 0 unspecified atom stereocenters. The fraction of sp³-hybridized carbons (Fsp3) is 0. The van der Waals surface area contributed by atoms with Crippen molar-refractivity contribution < 1.29 is 4.42 Å². The Morgan fingerprint density at radius 3 is 1.83 bits per heavy atom. The topological polar surface area (TPSA) is 29.3 Å². The quantitative estimate of drug-likeness (QED) is 0.204. The van der Waals surface area contributed by atoms with E-state index in [1.165, 1.54) is 11.1 Å². The molecule has 3 heteroatoms. The lowest BCUT2D eigenvalue weighted by Gasteiger charge is -2.26. The van der Waals surface area contributed by atoms with Crippen LogP contribution in [-0.4, -0.2) is 4.98 Å². The Morgan fingerprint density at radius 1 is 0.452 bits per heavy atom. The van der Waals surface area contributed by atoms with Crippen LogP contribution in [-0.2, 0) is 0 Å². The van der Waals surface area contributed by atoms with Crippen molar-refractivity contribution in [2.24, 2.45) is 0 Å². The number of fused-ring (bicyclic) bond motifs is 5. The predicted octanol–water partition coefficient (Wildman–Crippen LogP) is 10.9. The van der Waals surface area contributed by atoms with Crippen LogP contribution in [0.4, 0.5) is 17.1 Å². The van der Waals surface area contributed by atoms with E-state index in [0.717, 1.165) is 55.3 Å². The average molecular weight is 539 g/mol. The maximum atomic E-state index is 6.49. The lowest BCUT2D eigenvalue weighted by Crippen LogP contribution is -2.09. The van der Waals surface area contributed by atoms with Crippen LogP contribution in [0.15, 0.2) is 162 Å². The Morgan fingerprint density at radius 2 is 1.05 bits per heavy atom. The molecule has 0 atom stereocenters. The molecule has 0 radical (unpaired) electrons. The van der Waals surface area contributed by atoms with Gasteiger partial charge in [-0.2, -0.15) is 0 Å². The van der Waals surface area contributed by atoms with Crippen LogP contribution in [0.3, 0.4) is 0 Å². The lowest BCUT2D eigenvalue weighted by molar-refractivity contribution is 0.623. The van der Waals surface area contributed by atoms with Gasteiger partial charge >= 0.3 is 0 Å². The minimum Gasteiger partial charge on any atom is -0.435 e. The van der Waals surface area contributed by atoms with Crippen molar-refractivity contribution >= 4 is 49.7 Å². The minimum absolute atomic E-state index is 0.634. The van der Waals surface area contributed by atoms with Crippen LogP contribution < -0.4 is 4.90 Å². The molecule has 8 rings (SSSR count). The number of benzene rings is 7. The number of oxazole rings is 1. The summed E-state index contributed by atoms with van der Waals surface area (Å²) >= 11 is 0. The Labute approximate surface area is 243 Å². The summed E-state index contributed by atoms with van der Waals surface area (Å²) in [5.41, 5.74) is 8.27. The highest BCUT2D eigenvalue weighted by Crippen LogP contribution is 2.40. The zero-order valence-corrected chi connectivity index (χ0v) is 22.8. The number of hydrogen-bond acceptors (Lipinski definition) is 3. The summed E-state index contributed by atoms with van der Waals surface area (Å²) in [6.45, 7) is 0. The summed E-state index contributed by atoms with van der Waals surface area (Å²) in [7, 11) is 0. The third-order valence-electron chi connectivity index (χ3n) is 7.84. The second-order valence-corrected chi connectivity index (χ2v) is 10.5. The molecule has 198 valence electrons. The van der Waals surface area contributed by atoms with E-state index < -0.39 is 0 Å². The zero-order valence-electron chi connectivity index (χ0n) is 22.8. The molecule has 7 aromatic carbocycles. The van der Waals surface area contributed by atoms with E-state index in [1.54, 1.807) is 0 Å². The molecular weight excluding hydrogens is 512 g/mol. The van der Waals surface area contributed by atoms with Crippen LogP contribution >= 0.6 is 0 Å². The highest BCUT2D eigenvalue weighted by Gasteiger charge is 2.17. The summed E-state index contributed by atoms with van der Waals surface area (Å²) in [6, 6.07) is 55.1. The molecule has 0 amide bonds. The predicted molar refractivity (Wildman–Crippen MR) is 175 cm³/mol. The van der Waals surface area contributed by atoms with E-state index in [9.17, 15) is 0 Å². The number of aromatic nitrogens is 1. The van der Waals surface area contributed by atoms with E-state index in [4.69, 9.17) is 9.40 Å². The fourth-order valence-electron chi connectivity index (χ4n) is 5.83. The molecule has 0 aliphatic heterocycles. The van der Waals surface area contributed by atoms with Gasteiger partial charge in [0.2, 0.25) is 5.89 Å². The summed E-state index contributed by atoms with van der Waals surface area (Å²) in [6.07, 6.45) is 0. The Kier molecular flexibility index (Phi) is 5.79. The molecule has 0 fully saturated rings. The van der Waals surface area contributed by atoms with Crippen LogP contribution in [0.5, 0.6) is 0 Å². The fourth-order valence-corrected chi connectivity index (χ4v) is 5.83. The van der Waals surface area contributed by atoms with Crippen molar-refractivity contribution in [3.05, 3.63) is 158 Å². The van der Waals surface area contributed by atoms with Gasteiger partial charge in [-0.05, 0) is 81.9 Å². The van der Waals surface area contributed by atoms with Gasteiger partial charge in [0.1, 0.15) is 5.52 Å². The summed E-state index contributed by atoms with van der Waals surface area (Å²) < 4.78 is 6.49. The van der Waals surface area contributed by atoms with Gasteiger partial charge in [-0.1, -0.05) is 103 Å². The Hall–Kier alpha value is -5.67. The Balaban J connectivity index is 1.35. The molecule has 0 bridgehead atoms. The van der Waals surface area contributed by atoms with Crippen molar-refractivity contribution in [2.45, 2.75) is 0 Å². The lowest BCUT2D eigenvalue weighted by atomic mass is 9.99. The van der Waals surface area contributed by atoms with Crippen molar-refractivity contribution in [1.29, 1.82) is 0 Å². The average Bonchev–Trinajstić information content (AvgIpc) is 3.51. The number of para-hydroxylation sites is 1. The molecule has 0 spiro atoms. The summed E-state index contributed by atoms with van der Waals surface area (Å²) in [4.78, 5) is 7.17. The standard InChI is InChI=1S/C39H26N2O/c1-4-11-27(12-5-1)31-15-10-18-33(25-31)41(32-16-8-3-9-17-32)34-23-21-28-19-20-29-22-24-36-38(37(29)35(28)26-34)42-39(40-36)30-13-6-2-7-14-30/h1-26H. The first-order valence-electron chi connectivity index (χ1n) is 14.1. The van der Waals surface area contributed by atoms with E-state index in [0.29, 0.717) is 5.89 Å². The number of anilines is 3. The SMILES string of the molecule is c1ccc(-c2cccc(N(c3ccccc3)c3ccc4ccc5ccc6nc(-c7ccccc7)oc6c5c4c3)c2)cc1. The molecule has 3 nitrogen and oxygen atoms in total. The smallest absolute Gasteiger partial charge is 0.227 e. The van der Waals surface area contributed by atoms with Crippen LogP contribution in [0.2, 0.25) is 0 Å². The third-order valence-corrected chi connectivity index (χ3v) is 7.84. The largest absolute Gasteiger partial charge is 0.435 e. The zero-order chi connectivity index (χ0) is 27.9. The summed E-state index contributed by atoms with van der Waals surface area (Å²) in [5.74, 6) is 0.634. The first kappa shape index (κ1) is 24.2. The molecular formula is C39H26N2O. The van der Waals surface area contributed by atoms with Crippen molar-refractivity contribution in [1.82, 2.24) is 4.98 Å². The monoisotopic (exact) mass is 538 g/mol. The molecule has 8 aromatic rings. The number of rotatable bonds is 5. The maximum Gasteiger partial charge on any atom is 0.227 e. The molecule has 0 saturated carbocycles. The second-order valence-electron chi connectivity index (χ2n) is 10.5. The molecule has 1 aromatic heterocycles. The molecule has 0 aliphatic carbocycles. The van der Waals surface area contributed by atoms with E-state index >= 15 is 0 Å². The van der Waals surface area contributed by atoms with Gasteiger partial charge in [-0.15, -0.1) is 0 Å². The number of hydrogen-bond donors (Lipinski definition) is 0. The minimum atomic E-state index is 0.634. The first-order chi connectivity index (χ1) is 20.8. The van der Waals surface area contributed by atoms with E-state index in [2.05, 4.69) is 132 Å². The van der Waals surface area contributed by atoms with Gasteiger partial charge in [0.15, 0.2) is 5.58 Å². The highest BCUT2D eigenvalue weighted by molar-refractivity contribution is 6.18. The van der Waals surface area contributed by atoms with Crippen molar-refractivity contribution in [3.8, 4) is 22.6 Å². The van der Waals surface area contributed by atoms with Gasteiger partial charge < -0.3 is 9.32 Å². The molecule has 0 N–H and O–H groups in total. The molecule has 1 heterocycles. The van der Waals surface area contributed by atoms with Crippen LogP contribution in [0.1, 0.15) is 0 Å². The highest BCUT2D eigenvalue weighted by atomic mass is 16.3. The van der Waals surface area contributed by atoms with E-state index in [1.807, 2.05) is 30.3 Å². The molecule has 0 aliphatic rings. The van der Waals surface area contributed by atoms with Crippen molar-refractivity contribution in [2.75, 3.05) is 4.90 Å². The summed E-state index contributed by atoms with van der Waals surface area (Å²) in [5, 5.41) is 4.49. The van der Waals surface area contributed by atoms with E-state index in [-0.39, 0.29) is 0 Å². The van der Waals surface area contributed by atoms with Gasteiger partial charge in [0, 0.05) is 28.0 Å². The van der Waals surface area contributed by atoms with Crippen molar-refractivity contribution in [3.63, 3.8) is 0 Å². The normalized spacial score (nSPS) is 11.3. The van der Waals surface area contributed by atoms with Gasteiger partial charge in [-0.3, -0.25) is 0 Å². The van der Waals surface area contributed by atoms with Crippen LogP contribution in [0.25, 0.3) is 55.2 Å². The van der Waals surface area contributed by atoms with Gasteiger partial charge in [0.25, 0.3) is 0 Å². The van der Waals surface area contributed by atoms with Gasteiger partial charge in [0.05, 0.1) is 0 Å². The number of nitrogens with zero attached hydrogens (tertiary/aromatic N) is 2. The van der Waals surface area contributed by atoms with Gasteiger partial charge in [-0.25, -0.2) is 4.98 Å². The molecule has 0 saturated heterocycles. The maximum absolute atomic E-state index is 6.49. The molecule has 42 heavy (non-hydrogen) atoms. The second kappa shape index (κ2) is 10.1.